The quantitative estimate of drug-likeness (QED) is 0.0320. The minimum Gasteiger partial charge on any atom is -0.466 e. The Kier molecular flexibility index (Phi) is 67.4. The van der Waals surface area contributed by atoms with Crippen LogP contribution in [-0.2, 0) is 14.3 Å². The Morgan fingerprint density at radius 3 is 0.899 bits per heavy atom. The zero-order chi connectivity index (χ0) is 57.1. The van der Waals surface area contributed by atoms with Crippen molar-refractivity contribution in [1.82, 2.24) is 5.32 Å². The van der Waals surface area contributed by atoms with E-state index < -0.39 is 12.1 Å². The fourth-order valence-electron chi connectivity index (χ4n) is 11.5. The molecule has 2 unspecified atom stereocenters. The number of hydrogen-bond acceptors (Lipinski definition) is 5. The van der Waals surface area contributed by atoms with E-state index in [4.69, 9.17) is 4.74 Å². The second-order valence-corrected chi connectivity index (χ2v) is 24.9. The second kappa shape index (κ2) is 68.8. The number of esters is 1. The first-order chi connectivity index (χ1) is 39.0. The average molecular weight is 1110 g/mol. The molecule has 468 valence electrons. The fraction of sp³-hybridized carbons (Fsp3) is 0.918. The van der Waals surface area contributed by atoms with Gasteiger partial charge in [0.05, 0.1) is 25.4 Å². The first kappa shape index (κ1) is 77.3. The number of carbonyl (C=O) groups is 2. The van der Waals surface area contributed by atoms with Crippen molar-refractivity contribution < 1.29 is 24.5 Å². The SMILES string of the molecule is CCCCCCCCCCCCCCCCC/C=C/C(O)C(CO)NC(=O)CCCCCCCCCCCCCCC/C=C\CCCCCCCCCCCCCCOC(=O)CCCCCCCCCCCCCCCCCC. The van der Waals surface area contributed by atoms with E-state index >= 15 is 0 Å². The summed E-state index contributed by atoms with van der Waals surface area (Å²) in [5, 5.41) is 23.2. The summed E-state index contributed by atoms with van der Waals surface area (Å²) < 4.78 is 5.50. The Hall–Kier alpha value is -1.66. The Morgan fingerprint density at radius 2 is 0.595 bits per heavy atom. The number of carbonyl (C=O) groups excluding carboxylic acids is 2. The third kappa shape index (κ3) is 65.4. The molecule has 0 rings (SSSR count). The number of rotatable bonds is 68. The minimum atomic E-state index is -0.844. The molecule has 0 heterocycles. The molecule has 0 spiro atoms. The summed E-state index contributed by atoms with van der Waals surface area (Å²) >= 11 is 0. The largest absolute Gasteiger partial charge is 0.466 e. The van der Waals surface area contributed by atoms with Gasteiger partial charge < -0.3 is 20.3 Å². The number of amides is 1. The van der Waals surface area contributed by atoms with Crippen molar-refractivity contribution in [2.45, 2.75) is 418 Å². The Labute approximate surface area is 494 Å². The van der Waals surface area contributed by atoms with Gasteiger partial charge in [-0.25, -0.2) is 0 Å². The molecule has 0 aliphatic rings. The summed E-state index contributed by atoms with van der Waals surface area (Å²) in [5.74, 6) is -0.0435. The maximum Gasteiger partial charge on any atom is 0.305 e. The van der Waals surface area contributed by atoms with Crippen LogP contribution in [-0.4, -0.2) is 47.4 Å². The third-order valence-corrected chi connectivity index (χ3v) is 17.0. The molecule has 3 N–H and O–H groups in total. The molecule has 0 bridgehead atoms. The van der Waals surface area contributed by atoms with Crippen molar-refractivity contribution in [3.63, 3.8) is 0 Å². The van der Waals surface area contributed by atoms with E-state index in [-0.39, 0.29) is 18.5 Å². The highest BCUT2D eigenvalue weighted by Crippen LogP contribution is 2.19. The van der Waals surface area contributed by atoms with E-state index in [1.54, 1.807) is 6.08 Å². The van der Waals surface area contributed by atoms with Crippen LogP contribution in [0.3, 0.4) is 0 Å². The van der Waals surface area contributed by atoms with Crippen molar-refractivity contribution in [1.29, 1.82) is 0 Å². The van der Waals surface area contributed by atoms with E-state index in [1.165, 1.54) is 340 Å². The molecule has 0 aliphatic heterocycles. The molecule has 0 fully saturated rings. The van der Waals surface area contributed by atoms with Crippen molar-refractivity contribution in [2.24, 2.45) is 0 Å². The van der Waals surface area contributed by atoms with Gasteiger partial charge in [0.25, 0.3) is 0 Å². The molecule has 79 heavy (non-hydrogen) atoms. The Balaban J connectivity index is 3.37. The van der Waals surface area contributed by atoms with Gasteiger partial charge in [0.1, 0.15) is 0 Å². The lowest BCUT2D eigenvalue weighted by Crippen LogP contribution is -2.45. The maximum absolute atomic E-state index is 12.5. The summed E-state index contributed by atoms with van der Waals surface area (Å²) in [6, 6.07) is -0.627. The van der Waals surface area contributed by atoms with Crippen LogP contribution in [0.15, 0.2) is 24.3 Å². The zero-order valence-electron chi connectivity index (χ0n) is 53.6. The van der Waals surface area contributed by atoms with Gasteiger partial charge >= 0.3 is 5.97 Å². The van der Waals surface area contributed by atoms with Crippen LogP contribution in [0, 0.1) is 0 Å². The average Bonchev–Trinajstić information content (AvgIpc) is 3.45. The fourth-order valence-corrected chi connectivity index (χ4v) is 11.5. The molecule has 6 heteroatoms. The van der Waals surface area contributed by atoms with Crippen molar-refractivity contribution in [2.75, 3.05) is 13.2 Å². The summed E-state index contributed by atoms with van der Waals surface area (Å²) in [6.07, 6.45) is 86.9. The molecule has 0 aliphatic carbocycles. The van der Waals surface area contributed by atoms with Gasteiger partial charge in [0.15, 0.2) is 0 Å². The molecule has 1 amide bonds. The second-order valence-electron chi connectivity index (χ2n) is 24.9. The number of ether oxygens (including phenoxy) is 1. The van der Waals surface area contributed by atoms with Gasteiger partial charge in [0.2, 0.25) is 5.91 Å². The van der Waals surface area contributed by atoms with Crippen LogP contribution in [0.5, 0.6) is 0 Å². The highest BCUT2D eigenvalue weighted by Gasteiger charge is 2.18. The van der Waals surface area contributed by atoms with Crippen molar-refractivity contribution in [3.05, 3.63) is 24.3 Å². The minimum absolute atomic E-state index is 0.0204. The van der Waals surface area contributed by atoms with Crippen LogP contribution < -0.4 is 5.32 Å². The third-order valence-electron chi connectivity index (χ3n) is 17.0. The molecule has 6 nitrogen and oxygen atoms in total. The van der Waals surface area contributed by atoms with Crippen LogP contribution in [0.2, 0.25) is 0 Å². The highest BCUT2D eigenvalue weighted by atomic mass is 16.5. The molecular formula is C73H141NO5. The molecular weight excluding hydrogens is 971 g/mol. The van der Waals surface area contributed by atoms with Gasteiger partial charge in [-0.2, -0.15) is 0 Å². The number of unbranched alkanes of at least 4 members (excludes halogenated alkanes) is 55. The molecule has 0 saturated heterocycles. The van der Waals surface area contributed by atoms with E-state index in [2.05, 4.69) is 31.3 Å². The Bertz CT molecular complexity index is 1230. The lowest BCUT2D eigenvalue weighted by molar-refractivity contribution is -0.143. The van der Waals surface area contributed by atoms with Crippen LogP contribution in [0.25, 0.3) is 0 Å². The van der Waals surface area contributed by atoms with Crippen molar-refractivity contribution >= 4 is 11.9 Å². The van der Waals surface area contributed by atoms with Crippen LogP contribution >= 0.6 is 0 Å². The van der Waals surface area contributed by atoms with E-state index in [0.717, 1.165) is 38.5 Å². The summed E-state index contributed by atoms with van der Waals surface area (Å²) in [4.78, 5) is 24.6. The topological polar surface area (TPSA) is 95.9 Å². The lowest BCUT2D eigenvalue weighted by atomic mass is 10.0. The molecule has 0 saturated carbocycles. The van der Waals surface area contributed by atoms with Gasteiger partial charge in [0, 0.05) is 12.8 Å². The van der Waals surface area contributed by atoms with E-state index in [0.29, 0.717) is 19.4 Å². The standard InChI is InChI=1S/C73H141NO5/c1-3-5-7-9-11-13-15-17-19-34-37-41-45-49-53-57-61-65-71(76)70(69-75)74-72(77)66-62-58-54-50-46-42-38-35-32-30-28-26-24-22-21-23-25-27-29-31-33-36-40-44-48-52-56-60-64-68-79-73(78)67-63-59-55-51-47-43-39-20-18-16-14-12-10-8-6-4-2/h21,23,61,65,70-71,75-76H,3-20,22,24-60,62-64,66-69H2,1-2H3,(H,74,77)/b23-21-,65-61+. The predicted molar refractivity (Wildman–Crippen MR) is 347 cm³/mol. The van der Waals surface area contributed by atoms with Gasteiger partial charge in [-0.3, -0.25) is 9.59 Å². The number of aliphatic hydroxyl groups excluding tert-OH is 2. The Morgan fingerprint density at radius 1 is 0.342 bits per heavy atom. The summed E-state index contributed by atoms with van der Waals surface area (Å²) in [6.45, 7) is 4.95. The number of allylic oxidation sites excluding steroid dienone is 3. The first-order valence-electron chi connectivity index (χ1n) is 36.1. The molecule has 0 radical (unpaired) electrons. The lowest BCUT2D eigenvalue weighted by Gasteiger charge is -2.20. The first-order valence-corrected chi connectivity index (χ1v) is 36.1. The van der Waals surface area contributed by atoms with E-state index in [1.807, 2.05) is 6.08 Å². The molecule has 0 aromatic heterocycles. The number of hydrogen-bond donors (Lipinski definition) is 3. The summed E-state index contributed by atoms with van der Waals surface area (Å²) in [7, 11) is 0. The van der Waals surface area contributed by atoms with Crippen molar-refractivity contribution in [3.8, 4) is 0 Å². The molecule has 0 aromatic carbocycles. The molecule has 2 atom stereocenters. The van der Waals surface area contributed by atoms with E-state index in [9.17, 15) is 19.8 Å². The van der Waals surface area contributed by atoms with Gasteiger partial charge in [-0.05, 0) is 57.8 Å². The predicted octanol–water partition coefficient (Wildman–Crippen LogP) is 23.3. The summed E-state index contributed by atoms with van der Waals surface area (Å²) in [5.41, 5.74) is 0. The van der Waals surface area contributed by atoms with Crippen LogP contribution in [0.1, 0.15) is 406 Å². The number of nitrogens with one attached hydrogen (secondary N) is 1. The van der Waals surface area contributed by atoms with Crippen LogP contribution in [0.4, 0.5) is 0 Å². The smallest absolute Gasteiger partial charge is 0.305 e. The normalized spacial score (nSPS) is 12.6. The maximum atomic E-state index is 12.5. The highest BCUT2D eigenvalue weighted by molar-refractivity contribution is 5.76. The van der Waals surface area contributed by atoms with Gasteiger partial charge in [-0.1, -0.05) is 359 Å². The van der Waals surface area contributed by atoms with Gasteiger partial charge in [-0.15, -0.1) is 0 Å². The monoisotopic (exact) mass is 1110 g/mol. The molecule has 0 aromatic rings. The number of aliphatic hydroxyl groups is 2. The zero-order valence-corrected chi connectivity index (χ0v) is 53.6.